The fourth-order valence-electron chi connectivity index (χ4n) is 3.66. The number of benzene rings is 1. The van der Waals surface area contributed by atoms with Crippen molar-refractivity contribution in [2.24, 2.45) is 0 Å². The predicted octanol–water partition coefficient (Wildman–Crippen LogP) is 2.10. The summed E-state index contributed by atoms with van der Waals surface area (Å²) in [6.07, 6.45) is 2.30. The monoisotopic (exact) mass is 386 g/mol. The third-order valence-corrected chi connectivity index (χ3v) is 6.06. The van der Waals surface area contributed by atoms with Gasteiger partial charge in [-0.05, 0) is 25.5 Å². The van der Waals surface area contributed by atoms with Crippen LogP contribution in [0.25, 0.3) is 22.1 Å². The number of hydrogen-bond donors (Lipinski definition) is 1. The molecule has 0 unspecified atom stereocenters. The zero-order chi connectivity index (χ0) is 18.6. The van der Waals surface area contributed by atoms with Crippen LogP contribution in [-0.4, -0.2) is 58.3 Å². The molecule has 1 N–H and O–H groups in total. The summed E-state index contributed by atoms with van der Waals surface area (Å²) in [6.45, 7) is 10.4. The number of ether oxygens (including phenoxy) is 1. The lowest BCUT2D eigenvalue weighted by Gasteiger charge is -2.23. The highest BCUT2D eigenvalue weighted by Crippen LogP contribution is 2.28. The number of aromatic nitrogens is 4. The topological polar surface area (TPSA) is 57.3 Å². The Labute approximate surface area is 164 Å². The molecule has 1 fully saturated rings. The maximum atomic E-state index is 5.43. The molecular formula is C20H28N5OS+. The first-order valence-corrected chi connectivity index (χ1v) is 10.9. The molecule has 0 amide bonds. The summed E-state index contributed by atoms with van der Waals surface area (Å²) in [6, 6.07) is 6.56. The second-order valence-corrected chi connectivity index (χ2v) is 8.32. The van der Waals surface area contributed by atoms with E-state index >= 15 is 0 Å². The van der Waals surface area contributed by atoms with Crippen LogP contribution in [0.5, 0.6) is 0 Å². The van der Waals surface area contributed by atoms with E-state index in [1.54, 1.807) is 16.7 Å². The maximum Gasteiger partial charge on any atom is 0.211 e. The van der Waals surface area contributed by atoms with E-state index in [-0.39, 0.29) is 0 Å². The number of nitrogens with one attached hydrogen (secondary N) is 1. The van der Waals surface area contributed by atoms with Crippen molar-refractivity contribution in [3.05, 3.63) is 23.8 Å². The second kappa shape index (κ2) is 8.54. The van der Waals surface area contributed by atoms with Gasteiger partial charge in [0.25, 0.3) is 0 Å². The number of unbranched alkanes of at least 4 members (excludes halogenated alkanes) is 1. The number of hydrogen-bond acceptors (Lipinski definition) is 5. The van der Waals surface area contributed by atoms with Gasteiger partial charge in [0, 0.05) is 11.9 Å². The van der Waals surface area contributed by atoms with Crippen molar-refractivity contribution in [2.45, 2.75) is 38.4 Å². The van der Waals surface area contributed by atoms with Crippen LogP contribution in [0.3, 0.4) is 0 Å². The van der Waals surface area contributed by atoms with E-state index in [4.69, 9.17) is 9.72 Å². The van der Waals surface area contributed by atoms with Crippen LogP contribution < -0.4 is 4.90 Å². The highest BCUT2D eigenvalue weighted by Gasteiger charge is 2.16. The van der Waals surface area contributed by atoms with Gasteiger partial charge in [0.1, 0.15) is 18.6 Å². The predicted molar refractivity (Wildman–Crippen MR) is 110 cm³/mol. The van der Waals surface area contributed by atoms with Crippen molar-refractivity contribution in [1.29, 1.82) is 0 Å². The summed E-state index contributed by atoms with van der Waals surface area (Å²) in [5, 5.41) is 10.9. The largest absolute Gasteiger partial charge is 0.370 e. The molecule has 0 aliphatic carbocycles. The van der Waals surface area contributed by atoms with Gasteiger partial charge in [0.2, 0.25) is 5.16 Å². The molecule has 3 heterocycles. The first-order chi connectivity index (χ1) is 13.3. The van der Waals surface area contributed by atoms with Crippen molar-refractivity contribution in [3.63, 3.8) is 0 Å². The molecule has 0 atom stereocenters. The van der Waals surface area contributed by atoms with Crippen LogP contribution >= 0.6 is 11.8 Å². The van der Waals surface area contributed by atoms with E-state index in [9.17, 15) is 0 Å². The number of thioether (sulfide) groups is 1. The molecule has 0 radical (unpaired) electrons. The average molecular weight is 387 g/mol. The molecule has 4 rings (SSSR count). The zero-order valence-electron chi connectivity index (χ0n) is 16.2. The number of fused-ring (bicyclic) bond motifs is 3. The Morgan fingerprint density at radius 1 is 1.22 bits per heavy atom. The Bertz CT molecular complexity index is 920. The summed E-state index contributed by atoms with van der Waals surface area (Å²) >= 11 is 1.71. The Hall–Kier alpha value is -1.70. The molecule has 0 saturated carbocycles. The standard InChI is InChI=1S/C20H27N5OS/c1-3-4-7-25-17-6-5-15(2)14-16(17)18-19(25)21-20(23-22-18)27-13-10-24-8-11-26-12-9-24/h5-6,14H,3-4,7-13H2,1-2H3/p+1. The zero-order valence-corrected chi connectivity index (χ0v) is 17.0. The molecule has 1 saturated heterocycles. The van der Waals surface area contributed by atoms with Crippen LogP contribution in [0.4, 0.5) is 0 Å². The fraction of sp³-hybridized carbons (Fsp3) is 0.550. The van der Waals surface area contributed by atoms with Gasteiger partial charge in [-0.2, -0.15) is 0 Å². The molecule has 1 aliphatic rings. The Morgan fingerprint density at radius 3 is 2.89 bits per heavy atom. The molecule has 144 valence electrons. The van der Waals surface area contributed by atoms with Crippen LogP contribution in [0.1, 0.15) is 25.3 Å². The van der Waals surface area contributed by atoms with Gasteiger partial charge in [-0.3, -0.25) is 0 Å². The third kappa shape index (κ3) is 4.10. The minimum absolute atomic E-state index is 0.785. The van der Waals surface area contributed by atoms with Crippen LogP contribution in [0, 0.1) is 6.92 Å². The summed E-state index contributed by atoms with van der Waals surface area (Å²) in [5.74, 6) is 1.01. The molecule has 0 spiro atoms. The SMILES string of the molecule is CCCCn1c2ccc(C)cc2c2nnc(SCC[NH+]3CCOCC3)nc21. The molecule has 6 nitrogen and oxygen atoms in total. The van der Waals surface area contributed by atoms with Gasteiger partial charge in [-0.15, -0.1) is 10.2 Å². The quantitative estimate of drug-likeness (QED) is 0.630. The molecule has 1 aliphatic heterocycles. The van der Waals surface area contributed by atoms with Crippen molar-refractivity contribution < 1.29 is 9.64 Å². The highest BCUT2D eigenvalue weighted by molar-refractivity contribution is 7.99. The Balaban J connectivity index is 1.59. The first kappa shape index (κ1) is 18.7. The smallest absolute Gasteiger partial charge is 0.211 e. The molecule has 1 aromatic carbocycles. The van der Waals surface area contributed by atoms with Gasteiger partial charge >= 0.3 is 0 Å². The van der Waals surface area contributed by atoms with Crippen molar-refractivity contribution in [1.82, 2.24) is 19.7 Å². The van der Waals surface area contributed by atoms with Crippen molar-refractivity contribution in [3.8, 4) is 0 Å². The van der Waals surface area contributed by atoms with E-state index in [1.165, 1.54) is 11.1 Å². The highest BCUT2D eigenvalue weighted by atomic mass is 32.2. The van der Waals surface area contributed by atoms with Crippen molar-refractivity contribution in [2.75, 3.05) is 38.6 Å². The van der Waals surface area contributed by atoms with Gasteiger partial charge in [0.05, 0.1) is 31.0 Å². The lowest BCUT2D eigenvalue weighted by molar-refractivity contribution is -0.905. The Kier molecular flexibility index (Phi) is 5.90. The van der Waals surface area contributed by atoms with Gasteiger partial charge in [-0.25, -0.2) is 4.98 Å². The number of rotatable bonds is 7. The molecule has 2 aromatic heterocycles. The van der Waals surface area contributed by atoms with E-state index in [2.05, 4.69) is 46.8 Å². The first-order valence-electron chi connectivity index (χ1n) is 9.93. The van der Waals surface area contributed by atoms with E-state index < -0.39 is 0 Å². The summed E-state index contributed by atoms with van der Waals surface area (Å²) in [5.41, 5.74) is 4.35. The van der Waals surface area contributed by atoms with E-state index in [0.29, 0.717) is 0 Å². The van der Waals surface area contributed by atoms with E-state index in [1.807, 2.05) is 0 Å². The van der Waals surface area contributed by atoms with Crippen LogP contribution in [0.2, 0.25) is 0 Å². The minimum Gasteiger partial charge on any atom is -0.370 e. The number of quaternary nitrogens is 1. The number of aryl methyl sites for hydroxylation is 2. The molecule has 27 heavy (non-hydrogen) atoms. The molecule has 7 heteroatoms. The summed E-state index contributed by atoms with van der Waals surface area (Å²) in [4.78, 5) is 6.50. The molecular weight excluding hydrogens is 358 g/mol. The second-order valence-electron chi connectivity index (χ2n) is 7.25. The van der Waals surface area contributed by atoms with Crippen molar-refractivity contribution >= 4 is 33.8 Å². The van der Waals surface area contributed by atoms with Crippen LogP contribution in [-0.2, 0) is 11.3 Å². The average Bonchev–Trinajstić information content (AvgIpc) is 2.99. The summed E-state index contributed by atoms with van der Waals surface area (Å²) < 4.78 is 7.75. The minimum atomic E-state index is 0.785. The van der Waals surface area contributed by atoms with Gasteiger partial charge in [-0.1, -0.05) is 36.7 Å². The number of morpholine rings is 1. The van der Waals surface area contributed by atoms with Crippen LogP contribution in [0.15, 0.2) is 23.4 Å². The molecule has 3 aromatic rings. The Morgan fingerprint density at radius 2 is 2.07 bits per heavy atom. The summed E-state index contributed by atoms with van der Waals surface area (Å²) in [7, 11) is 0. The molecule has 0 bridgehead atoms. The lowest BCUT2D eigenvalue weighted by atomic mass is 10.2. The maximum absolute atomic E-state index is 5.43. The van der Waals surface area contributed by atoms with E-state index in [0.717, 1.165) is 79.7 Å². The lowest BCUT2D eigenvalue weighted by Crippen LogP contribution is -3.14. The number of nitrogens with zero attached hydrogens (tertiary/aromatic N) is 4. The van der Waals surface area contributed by atoms with Gasteiger partial charge < -0.3 is 14.2 Å². The third-order valence-electron chi connectivity index (χ3n) is 5.22. The normalized spacial score (nSPS) is 15.8. The van der Waals surface area contributed by atoms with Gasteiger partial charge in [0.15, 0.2) is 5.65 Å². The fourth-order valence-corrected chi connectivity index (χ4v) is 4.48.